The van der Waals surface area contributed by atoms with Crippen molar-refractivity contribution >= 4 is 5.95 Å². The van der Waals surface area contributed by atoms with Gasteiger partial charge in [-0.1, -0.05) is 0 Å². The summed E-state index contributed by atoms with van der Waals surface area (Å²) in [6.45, 7) is 2.71. The summed E-state index contributed by atoms with van der Waals surface area (Å²) in [4.78, 5) is 16.6. The predicted octanol–water partition coefficient (Wildman–Crippen LogP) is 1.37. The van der Waals surface area contributed by atoms with E-state index >= 15 is 0 Å². The number of methoxy groups -OCH3 is 1. The lowest BCUT2D eigenvalue weighted by Gasteiger charge is -2.06. The highest BCUT2D eigenvalue weighted by Gasteiger charge is 2.07. The van der Waals surface area contributed by atoms with E-state index in [0.717, 1.165) is 12.1 Å². The van der Waals surface area contributed by atoms with E-state index in [9.17, 15) is 0 Å². The zero-order valence-corrected chi connectivity index (χ0v) is 9.71. The fourth-order valence-corrected chi connectivity index (χ4v) is 1.31. The molecule has 1 N–H and O–H groups in total. The van der Waals surface area contributed by atoms with Gasteiger partial charge in [-0.25, -0.2) is 0 Å². The molecule has 0 aromatic carbocycles. The van der Waals surface area contributed by atoms with Crippen molar-refractivity contribution in [3.8, 4) is 17.4 Å². The molecule has 2 aromatic heterocycles. The first-order valence-electron chi connectivity index (χ1n) is 5.28. The van der Waals surface area contributed by atoms with Crippen LogP contribution in [0.4, 0.5) is 5.95 Å². The average Bonchev–Trinajstić information content (AvgIpc) is 2.40. The van der Waals surface area contributed by atoms with Crippen molar-refractivity contribution in [2.24, 2.45) is 0 Å². The third kappa shape index (κ3) is 2.66. The van der Waals surface area contributed by atoms with Crippen molar-refractivity contribution in [1.82, 2.24) is 19.9 Å². The maximum Gasteiger partial charge on any atom is 0.321 e. The van der Waals surface area contributed by atoms with Gasteiger partial charge in [-0.05, 0) is 19.1 Å². The van der Waals surface area contributed by atoms with Gasteiger partial charge in [0.25, 0.3) is 0 Å². The Labute approximate surface area is 99.1 Å². The quantitative estimate of drug-likeness (QED) is 0.856. The zero-order chi connectivity index (χ0) is 12.1. The minimum atomic E-state index is 0.287. The molecule has 0 radical (unpaired) electrons. The molecule has 0 atom stereocenters. The van der Waals surface area contributed by atoms with Crippen LogP contribution in [0.25, 0.3) is 11.4 Å². The molecule has 0 bridgehead atoms. The second-order valence-corrected chi connectivity index (χ2v) is 3.24. The van der Waals surface area contributed by atoms with Crippen molar-refractivity contribution < 1.29 is 4.74 Å². The van der Waals surface area contributed by atoms with Crippen LogP contribution in [0.2, 0.25) is 0 Å². The smallest absolute Gasteiger partial charge is 0.321 e. The van der Waals surface area contributed by atoms with Crippen LogP contribution >= 0.6 is 0 Å². The van der Waals surface area contributed by atoms with Gasteiger partial charge in [0, 0.05) is 24.5 Å². The van der Waals surface area contributed by atoms with E-state index in [-0.39, 0.29) is 6.01 Å². The van der Waals surface area contributed by atoms with Crippen LogP contribution in [0.5, 0.6) is 6.01 Å². The van der Waals surface area contributed by atoms with Gasteiger partial charge in [0.2, 0.25) is 5.95 Å². The normalized spacial score (nSPS) is 10.0. The fraction of sp³-hybridized carbons (Fsp3) is 0.273. The van der Waals surface area contributed by atoms with Gasteiger partial charge in [0.05, 0.1) is 7.11 Å². The molecule has 0 aliphatic heterocycles. The van der Waals surface area contributed by atoms with Gasteiger partial charge in [-0.2, -0.15) is 15.0 Å². The van der Waals surface area contributed by atoms with Crippen LogP contribution in [0.3, 0.4) is 0 Å². The Hall–Kier alpha value is -2.24. The van der Waals surface area contributed by atoms with Crippen LogP contribution in [-0.2, 0) is 0 Å². The molecule has 88 valence electrons. The largest absolute Gasteiger partial charge is 0.467 e. The summed E-state index contributed by atoms with van der Waals surface area (Å²) in [5.74, 6) is 1.04. The maximum atomic E-state index is 5.04. The van der Waals surface area contributed by atoms with E-state index in [4.69, 9.17) is 4.74 Å². The van der Waals surface area contributed by atoms with Gasteiger partial charge in [-0.3, -0.25) is 4.98 Å². The first kappa shape index (κ1) is 11.3. The third-order valence-electron chi connectivity index (χ3n) is 2.05. The Morgan fingerprint density at radius 1 is 1.29 bits per heavy atom. The molecule has 0 aliphatic carbocycles. The van der Waals surface area contributed by atoms with E-state index in [1.54, 1.807) is 12.4 Å². The third-order valence-corrected chi connectivity index (χ3v) is 2.05. The summed E-state index contributed by atoms with van der Waals surface area (Å²) < 4.78 is 5.04. The van der Waals surface area contributed by atoms with Crippen LogP contribution in [0, 0.1) is 0 Å². The molecular weight excluding hydrogens is 218 g/mol. The highest BCUT2D eigenvalue weighted by Crippen LogP contribution is 2.17. The number of hydrogen-bond donors (Lipinski definition) is 1. The number of pyridine rings is 1. The number of ether oxygens (including phenoxy) is 1. The molecule has 0 saturated carbocycles. The van der Waals surface area contributed by atoms with Crippen LogP contribution in [0.1, 0.15) is 6.92 Å². The molecule has 6 nitrogen and oxygen atoms in total. The minimum absolute atomic E-state index is 0.287. The summed E-state index contributed by atoms with van der Waals surface area (Å²) in [7, 11) is 1.53. The van der Waals surface area contributed by atoms with Crippen LogP contribution < -0.4 is 10.1 Å². The molecule has 17 heavy (non-hydrogen) atoms. The van der Waals surface area contributed by atoms with Crippen molar-refractivity contribution in [3.63, 3.8) is 0 Å². The zero-order valence-electron chi connectivity index (χ0n) is 9.71. The highest BCUT2D eigenvalue weighted by molar-refractivity contribution is 5.54. The summed E-state index contributed by atoms with van der Waals surface area (Å²) in [6.07, 6.45) is 3.40. The summed E-state index contributed by atoms with van der Waals surface area (Å²) in [5, 5.41) is 3.03. The Bertz CT molecular complexity index is 488. The molecule has 2 rings (SSSR count). The molecule has 0 saturated heterocycles. The molecule has 0 aliphatic rings. The minimum Gasteiger partial charge on any atom is -0.467 e. The Kier molecular flexibility index (Phi) is 3.44. The molecule has 6 heteroatoms. The monoisotopic (exact) mass is 231 g/mol. The Morgan fingerprint density at radius 2 is 2.18 bits per heavy atom. The van der Waals surface area contributed by atoms with Crippen molar-refractivity contribution in [3.05, 3.63) is 24.5 Å². The number of aromatic nitrogens is 4. The van der Waals surface area contributed by atoms with Gasteiger partial charge in [0.1, 0.15) is 0 Å². The lowest BCUT2D eigenvalue weighted by atomic mass is 10.3. The van der Waals surface area contributed by atoms with E-state index in [2.05, 4.69) is 25.3 Å². The van der Waals surface area contributed by atoms with Crippen molar-refractivity contribution in [1.29, 1.82) is 0 Å². The molecule has 2 heterocycles. The van der Waals surface area contributed by atoms with E-state index in [0.29, 0.717) is 11.8 Å². The highest BCUT2D eigenvalue weighted by atomic mass is 16.5. The van der Waals surface area contributed by atoms with Gasteiger partial charge < -0.3 is 10.1 Å². The van der Waals surface area contributed by atoms with Gasteiger partial charge >= 0.3 is 6.01 Å². The molecule has 2 aromatic rings. The fourth-order valence-electron chi connectivity index (χ4n) is 1.31. The number of rotatable bonds is 4. The second-order valence-electron chi connectivity index (χ2n) is 3.24. The Morgan fingerprint density at radius 3 is 2.82 bits per heavy atom. The van der Waals surface area contributed by atoms with E-state index in [1.807, 2.05) is 19.1 Å². The van der Waals surface area contributed by atoms with Crippen LogP contribution in [0.15, 0.2) is 24.5 Å². The molecule has 0 fully saturated rings. The summed E-state index contributed by atoms with van der Waals surface area (Å²) in [5.41, 5.74) is 0.826. The van der Waals surface area contributed by atoms with E-state index in [1.165, 1.54) is 7.11 Å². The topological polar surface area (TPSA) is 72.8 Å². The summed E-state index contributed by atoms with van der Waals surface area (Å²) in [6, 6.07) is 4.01. The lowest BCUT2D eigenvalue weighted by molar-refractivity contribution is 0.379. The first-order valence-corrected chi connectivity index (χ1v) is 5.28. The van der Waals surface area contributed by atoms with Crippen molar-refractivity contribution in [2.45, 2.75) is 6.92 Å². The SMILES string of the molecule is CCNc1nc(OC)nc(-c2cccnc2)n1. The molecule has 0 unspecified atom stereocenters. The first-order chi connectivity index (χ1) is 8.33. The van der Waals surface area contributed by atoms with Crippen molar-refractivity contribution in [2.75, 3.05) is 19.0 Å². The number of hydrogen-bond acceptors (Lipinski definition) is 6. The molecule has 0 spiro atoms. The molecular formula is C11H13N5O. The number of nitrogens with zero attached hydrogens (tertiary/aromatic N) is 4. The number of anilines is 1. The predicted molar refractivity (Wildman–Crippen MR) is 63.8 cm³/mol. The van der Waals surface area contributed by atoms with E-state index < -0.39 is 0 Å². The lowest BCUT2D eigenvalue weighted by Crippen LogP contribution is -2.06. The van der Waals surface area contributed by atoms with Gasteiger partial charge in [-0.15, -0.1) is 0 Å². The Balaban J connectivity index is 2.43. The average molecular weight is 231 g/mol. The van der Waals surface area contributed by atoms with Gasteiger partial charge in [0.15, 0.2) is 5.82 Å². The van der Waals surface area contributed by atoms with Crippen LogP contribution in [-0.4, -0.2) is 33.6 Å². The number of nitrogens with one attached hydrogen (secondary N) is 1. The summed E-state index contributed by atoms with van der Waals surface area (Å²) >= 11 is 0. The second kappa shape index (κ2) is 5.20. The molecule has 0 amide bonds. The maximum absolute atomic E-state index is 5.04. The standard InChI is InChI=1S/C11H13N5O/c1-3-13-10-14-9(15-11(16-10)17-2)8-5-4-6-12-7-8/h4-7H,3H2,1-2H3,(H,13,14,15,16).